The number of hydrogen-bond acceptors (Lipinski definition) is 6. The number of nitrogens with one attached hydrogen (secondary N) is 2. The molecular weight excluding hydrogens is 402 g/mol. The van der Waals surface area contributed by atoms with Crippen LogP contribution in [-0.2, 0) is 0 Å². The molecule has 1 aromatic heterocycles. The van der Waals surface area contributed by atoms with Gasteiger partial charge in [0.1, 0.15) is 0 Å². The molecule has 0 radical (unpaired) electrons. The van der Waals surface area contributed by atoms with Gasteiger partial charge in [-0.3, -0.25) is 9.59 Å². The number of nitrogens with two attached hydrogens (primary N) is 1. The predicted octanol–water partition coefficient (Wildman–Crippen LogP) is 4.38. The highest BCUT2D eigenvalue weighted by atomic mass is 16.2. The Bertz CT molecular complexity index is 1080. The van der Waals surface area contributed by atoms with Crippen LogP contribution in [0.1, 0.15) is 48.0 Å². The lowest BCUT2D eigenvalue weighted by Crippen LogP contribution is -2.22. The second-order valence-electron chi connectivity index (χ2n) is 8.03. The first-order chi connectivity index (χ1) is 15.4. The van der Waals surface area contributed by atoms with Gasteiger partial charge in [-0.25, -0.2) is 9.97 Å². The highest BCUT2D eigenvalue weighted by Crippen LogP contribution is 2.23. The van der Waals surface area contributed by atoms with Gasteiger partial charge in [0.25, 0.3) is 5.91 Å². The van der Waals surface area contributed by atoms with E-state index in [-0.39, 0.29) is 23.4 Å². The molecule has 0 aliphatic rings. The van der Waals surface area contributed by atoms with E-state index in [9.17, 15) is 9.59 Å². The van der Waals surface area contributed by atoms with Crippen molar-refractivity contribution in [2.24, 2.45) is 11.7 Å². The molecule has 0 saturated carbocycles. The maximum atomic E-state index is 13.3. The van der Waals surface area contributed by atoms with Crippen molar-refractivity contribution >= 4 is 23.1 Å². The molecule has 0 bridgehead atoms. The molecule has 1 unspecified atom stereocenters. The first kappa shape index (κ1) is 23.1. The van der Waals surface area contributed by atoms with E-state index in [0.717, 1.165) is 12.0 Å². The van der Waals surface area contributed by atoms with E-state index < -0.39 is 5.91 Å². The summed E-state index contributed by atoms with van der Waals surface area (Å²) in [4.78, 5) is 34.8. The number of Topliss-reactive ketones (excluding diaryl/α,β-unsaturated/α-hetero) is 1. The fourth-order valence-corrected chi connectivity index (χ4v) is 3.14. The van der Waals surface area contributed by atoms with Gasteiger partial charge in [-0.2, -0.15) is 0 Å². The number of carbonyl (C=O) groups is 2. The first-order valence-electron chi connectivity index (χ1n) is 10.7. The Hall–Kier alpha value is -3.58. The lowest BCUT2D eigenvalue weighted by atomic mass is 9.99. The second-order valence-corrected chi connectivity index (χ2v) is 8.03. The monoisotopic (exact) mass is 431 g/mol. The van der Waals surface area contributed by atoms with Gasteiger partial charge in [0, 0.05) is 29.6 Å². The minimum Gasteiger partial charge on any atom is -0.382 e. The lowest BCUT2D eigenvalue weighted by molar-refractivity contribution is 0.0940. The van der Waals surface area contributed by atoms with Gasteiger partial charge in [-0.1, -0.05) is 56.3 Å². The van der Waals surface area contributed by atoms with Gasteiger partial charge < -0.3 is 16.4 Å². The number of rotatable bonds is 9. The fraction of sp³-hybridized carbons (Fsp3) is 0.280. The lowest BCUT2D eigenvalue weighted by Gasteiger charge is -2.15. The van der Waals surface area contributed by atoms with Crippen LogP contribution in [-0.4, -0.2) is 34.2 Å². The fourth-order valence-electron chi connectivity index (χ4n) is 3.14. The third kappa shape index (κ3) is 5.76. The number of amides is 1. The van der Waals surface area contributed by atoms with Crippen molar-refractivity contribution in [2.45, 2.75) is 33.2 Å². The number of nitrogens with zero attached hydrogens (tertiary/aromatic N) is 2. The molecule has 7 nitrogen and oxygen atoms in total. The molecule has 32 heavy (non-hydrogen) atoms. The Morgan fingerprint density at radius 3 is 2.34 bits per heavy atom. The van der Waals surface area contributed by atoms with E-state index in [1.807, 2.05) is 51.1 Å². The van der Waals surface area contributed by atoms with E-state index >= 15 is 0 Å². The number of anilines is 2. The maximum Gasteiger partial charge on any atom is 0.276 e. The zero-order chi connectivity index (χ0) is 23.1. The van der Waals surface area contributed by atoms with E-state index in [2.05, 4.69) is 20.6 Å². The summed E-state index contributed by atoms with van der Waals surface area (Å²) < 4.78 is 0. The standard InChI is InChI=1S/C25H29N5O2/c1-16(2)23(31)19-11-7-8-12-20(19)29-25(32)22-21(27-14-13-17(3)26)15-28-24(30-22)18-9-5-4-6-10-18/h4-12,15-17,27H,13-14,26H2,1-3H3,(H,29,32). The topological polar surface area (TPSA) is 110 Å². The zero-order valence-corrected chi connectivity index (χ0v) is 18.6. The SMILES string of the molecule is CC(N)CCNc1cnc(-c2ccccc2)nc1C(=O)Nc1ccccc1C(=O)C(C)C. The van der Waals surface area contributed by atoms with Crippen molar-refractivity contribution in [3.63, 3.8) is 0 Å². The van der Waals surface area contributed by atoms with Crippen LogP contribution in [0.2, 0.25) is 0 Å². The Labute approximate surface area is 188 Å². The van der Waals surface area contributed by atoms with Crippen molar-refractivity contribution in [1.82, 2.24) is 9.97 Å². The smallest absolute Gasteiger partial charge is 0.276 e. The van der Waals surface area contributed by atoms with Crippen molar-refractivity contribution in [1.29, 1.82) is 0 Å². The number of hydrogen-bond donors (Lipinski definition) is 3. The van der Waals surface area contributed by atoms with Gasteiger partial charge in [-0.15, -0.1) is 0 Å². The molecule has 0 spiro atoms. The minimum absolute atomic E-state index is 0.0261. The molecule has 0 aliphatic heterocycles. The molecule has 166 valence electrons. The van der Waals surface area contributed by atoms with Crippen LogP contribution in [0.25, 0.3) is 11.4 Å². The highest BCUT2D eigenvalue weighted by molar-refractivity contribution is 6.11. The number of carbonyl (C=O) groups excluding carboxylic acids is 2. The van der Waals surface area contributed by atoms with Crippen LogP contribution in [0.5, 0.6) is 0 Å². The van der Waals surface area contributed by atoms with Crippen LogP contribution in [0.15, 0.2) is 60.8 Å². The van der Waals surface area contributed by atoms with Gasteiger partial charge in [0.05, 0.1) is 17.6 Å². The average molecular weight is 432 g/mol. The summed E-state index contributed by atoms with van der Waals surface area (Å²) in [5.74, 6) is -0.201. The number of aromatic nitrogens is 2. The van der Waals surface area contributed by atoms with Gasteiger partial charge in [0.2, 0.25) is 0 Å². The molecule has 0 fully saturated rings. The molecule has 1 heterocycles. The van der Waals surface area contributed by atoms with E-state index in [4.69, 9.17) is 5.73 Å². The molecular formula is C25H29N5O2. The molecule has 2 aromatic carbocycles. The van der Waals surface area contributed by atoms with Crippen molar-refractivity contribution in [3.05, 3.63) is 72.1 Å². The van der Waals surface area contributed by atoms with E-state index in [1.165, 1.54) is 0 Å². The van der Waals surface area contributed by atoms with Crippen LogP contribution < -0.4 is 16.4 Å². The second kappa shape index (κ2) is 10.6. The van der Waals surface area contributed by atoms with E-state index in [1.54, 1.807) is 30.5 Å². The van der Waals surface area contributed by atoms with Crippen LogP contribution in [0, 0.1) is 5.92 Å². The Balaban J connectivity index is 1.95. The molecule has 0 saturated heterocycles. The highest BCUT2D eigenvalue weighted by Gasteiger charge is 2.20. The Kier molecular flexibility index (Phi) is 7.68. The van der Waals surface area contributed by atoms with Gasteiger partial charge in [0.15, 0.2) is 17.3 Å². The van der Waals surface area contributed by atoms with Crippen molar-refractivity contribution < 1.29 is 9.59 Å². The quantitative estimate of drug-likeness (QED) is 0.434. The molecule has 7 heteroatoms. The predicted molar refractivity (Wildman–Crippen MR) is 128 cm³/mol. The summed E-state index contributed by atoms with van der Waals surface area (Å²) in [5, 5.41) is 6.08. The average Bonchev–Trinajstić information content (AvgIpc) is 2.79. The number of benzene rings is 2. The minimum atomic E-state index is -0.420. The third-order valence-corrected chi connectivity index (χ3v) is 4.92. The van der Waals surface area contributed by atoms with Gasteiger partial charge in [-0.05, 0) is 25.5 Å². The number of ketones is 1. The first-order valence-corrected chi connectivity index (χ1v) is 10.7. The van der Waals surface area contributed by atoms with Crippen LogP contribution in [0.4, 0.5) is 11.4 Å². The van der Waals surface area contributed by atoms with Crippen LogP contribution in [0.3, 0.4) is 0 Å². The van der Waals surface area contributed by atoms with E-state index in [0.29, 0.717) is 29.3 Å². The normalized spacial score (nSPS) is 11.8. The molecule has 1 amide bonds. The molecule has 4 N–H and O–H groups in total. The third-order valence-electron chi connectivity index (χ3n) is 4.92. The van der Waals surface area contributed by atoms with Crippen molar-refractivity contribution in [2.75, 3.05) is 17.2 Å². The Morgan fingerprint density at radius 1 is 0.969 bits per heavy atom. The maximum absolute atomic E-state index is 13.3. The summed E-state index contributed by atoms with van der Waals surface area (Å²) in [6.07, 6.45) is 2.34. The molecule has 1 atom stereocenters. The zero-order valence-electron chi connectivity index (χ0n) is 18.6. The van der Waals surface area contributed by atoms with Crippen molar-refractivity contribution in [3.8, 4) is 11.4 Å². The molecule has 0 aliphatic carbocycles. The molecule has 3 aromatic rings. The van der Waals surface area contributed by atoms with Gasteiger partial charge >= 0.3 is 0 Å². The largest absolute Gasteiger partial charge is 0.382 e. The summed E-state index contributed by atoms with van der Waals surface area (Å²) in [5.41, 5.74) is 8.29. The summed E-state index contributed by atoms with van der Waals surface area (Å²) >= 11 is 0. The number of para-hydroxylation sites is 1. The molecule has 3 rings (SSSR count). The Morgan fingerprint density at radius 2 is 1.66 bits per heavy atom. The summed E-state index contributed by atoms with van der Waals surface area (Å²) in [7, 11) is 0. The van der Waals surface area contributed by atoms with Crippen LogP contribution >= 0.6 is 0 Å². The summed E-state index contributed by atoms with van der Waals surface area (Å²) in [6, 6.07) is 16.5. The summed E-state index contributed by atoms with van der Waals surface area (Å²) in [6.45, 7) is 6.16.